The van der Waals surface area contributed by atoms with Gasteiger partial charge in [0.05, 0.1) is 10.9 Å². The Morgan fingerprint density at radius 2 is 1.73 bits per heavy atom. The van der Waals surface area contributed by atoms with Crippen molar-refractivity contribution in [2.75, 3.05) is 39.3 Å². The molecule has 2 saturated heterocycles. The molecule has 1 aromatic rings. The number of benzene rings is 1. The van der Waals surface area contributed by atoms with Crippen LogP contribution in [0.4, 0.5) is 4.79 Å². The fraction of sp³-hybridized carbons (Fsp3) is 0.500. The Bertz CT molecular complexity index is 791. The van der Waals surface area contributed by atoms with E-state index in [2.05, 4.69) is 5.32 Å². The highest BCUT2D eigenvalue weighted by atomic mass is 35.5. The number of halogens is 1. The molecule has 0 spiro atoms. The Morgan fingerprint density at radius 1 is 1.12 bits per heavy atom. The molecule has 0 radical (unpaired) electrons. The number of imide groups is 1. The van der Waals surface area contributed by atoms with Crippen LogP contribution in [0, 0.1) is 0 Å². The zero-order valence-corrected chi connectivity index (χ0v) is 16.0. The van der Waals surface area contributed by atoms with E-state index in [1.807, 2.05) is 4.90 Å². The minimum Gasteiger partial charge on any atom is -0.336 e. The Labute approximate surface area is 157 Å². The second kappa shape index (κ2) is 7.51. The summed E-state index contributed by atoms with van der Waals surface area (Å²) in [6, 6.07) is 5.23. The first-order valence-electron chi connectivity index (χ1n) is 8.39. The third-order valence-electron chi connectivity index (χ3n) is 4.75. The minimum atomic E-state index is -3.58. The Hall–Kier alpha value is -1.68. The molecule has 2 aliphatic heterocycles. The summed E-state index contributed by atoms with van der Waals surface area (Å²) in [5, 5.41) is 3.09. The van der Waals surface area contributed by atoms with Crippen LogP contribution in [0.15, 0.2) is 29.2 Å². The third-order valence-corrected chi connectivity index (χ3v) is 6.92. The maximum atomic E-state index is 12.7. The number of nitrogens with zero attached hydrogens (tertiary/aromatic N) is 3. The predicted molar refractivity (Wildman–Crippen MR) is 96.4 cm³/mol. The Morgan fingerprint density at radius 3 is 2.27 bits per heavy atom. The molecule has 0 bridgehead atoms. The van der Waals surface area contributed by atoms with Gasteiger partial charge in [0.1, 0.15) is 0 Å². The number of piperazine rings is 1. The van der Waals surface area contributed by atoms with Crippen molar-refractivity contribution in [3.8, 4) is 0 Å². The van der Waals surface area contributed by atoms with Gasteiger partial charge in [-0.15, -0.1) is 0 Å². The van der Waals surface area contributed by atoms with Crippen LogP contribution < -0.4 is 5.32 Å². The number of hydrogen-bond donors (Lipinski definition) is 1. The summed E-state index contributed by atoms with van der Waals surface area (Å²) in [4.78, 5) is 27.4. The lowest BCUT2D eigenvalue weighted by Crippen LogP contribution is -2.55. The van der Waals surface area contributed by atoms with E-state index in [1.165, 1.54) is 21.3 Å². The lowest BCUT2D eigenvalue weighted by Gasteiger charge is -2.37. The lowest BCUT2D eigenvalue weighted by atomic mass is 10.2. The number of carbonyl (C=O) groups excluding carboxylic acids is 2. The fourth-order valence-electron chi connectivity index (χ4n) is 3.15. The number of urea groups is 1. The van der Waals surface area contributed by atoms with Crippen LogP contribution in [0.3, 0.4) is 0 Å². The van der Waals surface area contributed by atoms with Crippen molar-refractivity contribution in [1.82, 2.24) is 19.4 Å². The second-order valence-corrected chi connectivity index (χ2v) is 8.67. The van der Waals surface area contributed by atoms with E-state index in [0.29, 0.717) is 31.2 Å². The fourth-order valence-corrected chi connectivity index (χ4v) is 4.70. The van der Waals surface area contributed by atoms with Gasteiger partial charge in [0.25, 0.3) is 0 Å². The molecule has 0 aliphatic carbocycles. The van der Waals surface area contributed by atoms with E-state index in [4.69, 9.17) is 11.6 Å². The van der Waals surface area contributed by atoms with Gasteiger partial charge in [-0.05, 0) is 31.2 Å². The van der Waals surface area contributed by atoms with Gasteiger partial charge in [0.15, 0.2) is 0 Å². The van der Waals surface area contributed by atoms with Crippen molar-refractivity contribution in [3.05, 3.63) is 29.3 Å². The van der Waals surface area contributed by atoms with Crippen LogP contribution in [0.5, 0.6) is 0 Å². The lowest BCUT2D eigenvalue weighted by molar-refractivity contribution is -0.133. The SMILES string of the molecule is C[C@@H](C(=O)N1CCNC1=O)N1CCN(S(=O)(=O)c2ccc(Cl)cc2)CC1. The largest absolute Gasteiger partial charge is 0.336 e. The van der Waals surface area contributed by atoms with Crippen LogP contribution in [0.2, 0.25) is 5.02 Å². The molecule has 2 aliphatic rings. The van der Waals surface area contributed by atoms with Gasteiger partial charge in [-0.1, -0.05) is 11.6 Å². The van der Waals surface area contributed by atoms with Gasteiger partial charge < -0.3 is 5.32 Å². The highest BCUT2D eigenvalue weighted by Gasteiger charge is 2.35. The van der Waals surface area contributed by atoms with Crippen molar-refractivity contribution < 1.29 is 18.0 Å². The number of rotatable bonds is 4. The molecule has 0 unspecified atom stereocenters. The molecule has 0 aromatic heterocycles. The van der Waals surface area contributed by atoms with Crippen molar-refractivity contribution in [3.63, 3.8) is 0 Å². The normalized spacial score (nSPS) is 20.8. The maximum absolute atomic E-state index is 12.7. The van der Waals surface area contributed by atoms with E-state index < -0.39 is 16.1 Å². The zero-order valence-electron chi connectivity index (χ0n) is 14.4. The Balaban J connectivity index is 1.62. The van der Waals surface area contributed by atoms with Crippen LogP contribution in [0.25, 0.3) is 0 Å². The van der Waals surface area contributed by atoms with Crippen molar-refractivity contribution >= 4 is 33.6 Å². The standard InChI is InChI=1S/C16H21ClN4O4S/c1-12(15(22)21-7-6-18-16(21)23)19-8-10-20(11-9-19)26(24,25)14-4-2-13(17)3-5-14/h2-5,12H,6-11H2,1H3,(H,18,23)/t12-/m0/s1. The molecule has 142 valence electrons. The van der Waals surface area contributed by atoms with Gasteiger partial charge in [-0.3, -0.25) is 14.6 Å². The van der Waals surface area contributed by atoms with Gasteiger partial charge in [0.2, 0.25) is 15.9 Å². The van der Waals surface area contributed by atoms with Crippen molar-refractivity contribution in [1.29, 1.82) is 0 Å². The van der Waals surface area contributed by atoms with Crippen molar-refractivity contribution in [2.24, 2.45) is 0 Å². The molecule has 0 saturated carbocycles. The summed E-state index contributed by atoms with van der Waals surface area (Å²) in [5.74, 6) is -0.256. The Kier molecular flexibility index (Phi) is 5.52. The van der Waals surface area contributed by atoms with Crippen molar-refractivity contribution in [2.45, 2.75) is 17.9 Å². The highest BCUT2D eigenvalue weighted by Crippen LogP contribution is 2.20. The average Bonchev–Trinajstić information content (AvgIpc) is 3.07. The highest BCUT2D eigenvalue weighted by molar-refractivity contribution is 7.89. The number of nitrogens with one attached hydrogen (secondary N) is 1. The van der Waals surface area contributed by atoms with Crippen LogP contribution in [-0.2, 0) is 14.8 Å². The quantitative estimate of drug-likeness (QED) is 0.798. The molecule has 1 atom stereocenters. The van der Waals surface area contributed by atoms with E-state index in [9.17, 15) is 18.0 Å². The predicted octanol–water partition coefficient (Wildman–Crippen LogP) is 0.587. The minimum absolute atomic E-state index is 0.202. The molecule has 1 aromatic carbocycles. The number of sulfonamides is 1. The van der Waals surface area contributed by atoms with Gasteiger partial charge in [-0.2, -0.15) is 4.31 Å². The molecular formula is C16H21ClN4O4S. The molecule has 3 rings (SSSR count). The van der Waals surface area contributed by atoms with Gasteiger partial charge in [0, 0.05) is 44.3 Å². The summed E-state index contributed by atoms with van der Waals surface area (Å²) in [5.41, 5.74) is 0. The number of hydrogen-bond acceptors (Lipinski definition) is 5. The molecule has 2 fully saturated rings. The second-order valence-electron chi connectivity index (χ2n) is 6.29. The van der Waals surface area contributed by atoms with E-state index in [-0.39, 0.29) is 29.9 Å². The number of amides is 3. The molecule has 2 heterocycles. The van der Waals surface area contributed by atoms with Crippen LogP contribution in [-0.4, -0.2) is 79.8 Å². The number of carbonyl (C=O) groups is 2. The summed E-state index contributed by atoms with van der Waals surface area (Å²) < 4.78 is 26.8. The molecule has 3 amide bonds. The smallest absolute Gasteiger partial charge is 0.324 e. The molecule has 10 heteroatoms. The monoisotopic (exact) mass is 400 g/mol. The van der Waals surface area contributed by atoms with Crippen LogP contribution >= 0.6 is 11.6 Å². The first-order chi connectivity index (χ1) is 12.3. The van der Waals surface area contributed by atoms with Gasteiger partial charge >= 0.3 is 6.03 Å². The zero-order chi connectivity index (χ0) is 18.9. The van der Waals surface area contributed by atoms with E-state index in [1.54, 1.807) is 19.1 Å². The van der Waals surface area contributed by atoms with E-state index >= 15 is 0 Å². The summed E-state index contributed by atoms with van der Waals surface area (Å²) in [6.45, 7) is 4.00. The van der Waals surface area contributed by atoms with E-state index in [0.717, 1.165) is 0 Å². The first-order valence-corrected chi connectivity index (χ1v) is 10.2. The summed E-state index contributed by atoms with van der Waals surface area (Å²) in [6.07, 6.45) is 0. The molecule has 8 nitrogen and oxygen atoms in total. The first kappa shape index (κ1) is 19.1. The summed E-state index contributed by atoms with van der Waals surface area (Å²) >= 11 is 5.82. The third kappa shape index (κ3) is 3.71. The topological polar surface area (TPSA) is 90.0 Å². The van der Waals surface area contributed by atoms with Crippen LogP contribution in [0.1, 0.15) is 6.92 Å². The van der Waals surface area contributed by atoms with Gasteiger partial charge in [-0.25, -0.2) is 13.2 Å². The average molecular weight is 401 g/mol. The molecule has 26 heavy (non-hydrogen) atoms. The maximum Gasteiger partial charge on any atom is 0.324 e. The molecule has 1 N–H and O–H groups in total. The molecular weight excluding hydrogens is 380 g/mol. The summed E-state index contributed by atoms with van der Waals surface area (Å²) in [7, 11) is -3.58.